The highest BCUT2D eigenvalue weighted by Gasteiger charge is 2.12. The molecule has 0 aromatic carbocycles. The van der Waals surface area contributed by atoms with E-state index in [1.54, 1.807) is 13.1 Å². The molecule has 2 heterocycles. The SMILES string of the molecule is C/C(=N\c1cncnc1C)C(=O)NCCN1CCCC1. The van der Waals surface area contributed by atoms with Crippen LogP contribution in [-0.2, 0) is 4.79 Å². The molecule has 1 saturated heterocycles. The second kappa shape index (κ2) is 7.09. The van der Waals surface area contributed by atoms with E-state index in [9.17, 15) is 4.79 Å². The van der Waals surface area contributed by atoms with Gasteiger partial charge in [0.15, 0.2) is 0 Å². The third-order valence-corrected chi connectivity index (χ3v) is 3.41. The number of aromatic nitrogens is 2. The highest BCUT2D eigenvalue weighted by Crippen LogP contribution is 2.13. The van der Waals surface area contributed by atoms with Crippen LogP contribution in [0, 0.1) is 6.92 Å². The van der Waals surface area contributed by atoms with Gasteiger partial charge in [-0.25, -0.2) is 15.0 Å². The van der Waals surface area contributed by atoms with Gasteiger partial charge in [0, 0.05) is 13.1 Å². The van der Waals surface area contributed by atoms with Crippen LogP contribution in [0.25, 0.3) is 0 Å². The second-order valence-electron chi connectivity index (χ2n) is 5.00. The first-order valence-corrected chi connectivity index (χ1v) is 6.99. The van der Waals surface area contributed by atoms with E-state index < -0.39 is 0 Å². The normalized spacial score (nSPS) is 16.4. The summed E-state index contributed by atoms with van der Waals surface area (Å²) in [5, 5.41) is 2.90. The van der Waals surface area contributed by atoms with Gasteiger partial charge in [0.25, 0.3) is 5.91 Å². The summed E-state index contributed by atoms with van der Waals surface area (Å²) in [6.45, 7) is 7.41. The monoisotopic (exact) mass is 275 g/mol. The molecule has 1 aliphatic heterocycles. The Balaban J connectivity index is 1.83. The maximum absolute atomic E-state index is 11.9. The molecule has 6 nitrogen and oxygen atoms in total. The number of aliphatic imine (C=N–C) groups is 1. The minimum absolute atomic E-state index is 0.132. The van der Waals surface area contributed by atoms with Crippen LogP contribution < -0.4 is 5.32 Å². The number of carbonyl (C=O) groups is 1. The molecule has 0 spiro atoms. The molecule has 108 valence electrons. The number of amides is 1. The van der Waals surface area contributed by atoms with E-state index in [0.717, 1.165) is 25.3 Å². The van der Waals surface area contributed by atoms with Crippen molar-refractivity contribution in [2.45, 2.75) is 26.7 Å². The summed E-state index contributed by atoms with van der Waals surface area (Å²) in [7, 11) is 0. The zero-order valence-corrected chi connectivity index (χ0v) is 12.1. The van der Waals surface area contributed by atoms with E-state index in [4.69, 9.17) is 0 Å². The van der Waals surface area contributed by atoms with Crippen molar-refractivity contribution in [2.24, 2.45) is 4.99 Å². The minimum Gasteiger partial charge on any atom is -0.350 e. The number of carbonyl (C=O) groups excluding carboxylic acids is 1. The number of nitrogens with zero attached hydrogens (tertiary/aromatic N) is 4. The number of aryl methyl sites for hydroxylation is 1. The number of hydrogen-bond donors (Lipinski definition) is 1. The standard InChI is InChI=1S/C14H21N5O/c1-11-13(9-15-10-17-11)18-12(2)14(20)16-5-8-19-6-3-4-7-19/h9-10H,3-8H2,1-2H3,(H,16,20)/b18-12+. The first-order valence-electron chi connectivity index (χ1n) is 6.99. The van der Waals surface area contributed by atoms with Gasteiger partial charge >= 0.3 is 0 Å². The van der Waals surface area contributed by atoms with Crippen molar-refractivity contribution in [3.8, 4) is 0 Å². The molecule has 1 N–H and O–H groups in total. The van der Waals surface area contributed by atoms with Crippen LogP contribution in [-0.4, -0.2) is 52.7 Å². The molecule has 2 rings (SSSR count). The van der Waals surface area contributed by atoms with Gasteiger partial charge in [0.2, 0.25) is 0 Å². The van der Waals surface area contributed by atoms with Crippen LogP contribution in [0.5, 0.6) is 0 Å². The fourth-order valence-electron chi connectivity index (χ4n) is 2.19. The first-order chi connectivity index (χ1) is 9.66. The van der Waals surface area contributed by atoms with Gasteiger partial charge < -0.3 is 10.2 Å². The number of hydrogen-bond acceptors (Lipinski definition) is 5. The topological polar surface area (TPSA) is 70.5 Å². The average Bonchev–Trinajstić information content (AvgIpc) is 2.94. The van der Waals surface area contributed by atoms with Gasteiger partial charge in [0.1, 0.15) is 17.7 Å². The maximum atomic E-state index is 11.9. The quantitative estimate of drug-likeness (QED) is 0.817. The summed E-state index contributed by atoms with van der Waals surface area (Å²) >= 11 is 0. The van der Waals surface area contributed by atoms with Crippen LogP contribution in [0.15, 0.2) is 17.5 Å². The fourth-order valence-corrected chi connectivity index (χ4v) is 2.19. The molecular formula is C14H21N5O. The molecule has 1 aliphatic rings. The van der Waals surface area contributed by atoms with Gasteiger partial charge in [-0.15, -0.1) is 0 Å². The molecule has 1 amide bonds. The largest absolute Gasteiger partial charge is 0.350 e. The van der Waals surface area contributed by atoms with Gasteiger partial charge in [0.05, 0.1) is 11.9 Å². The van der Waals surface area contributed by atoms with E-state index in [1.807, 2.05) is 6.92 Å². The molecule has 0 aliphatic carbocycles. The maximum Gasteiger partial charge on any atom is 0.265 e. The molecule has 20 heavy (non-hydrogen) atoms. The van der Waals surface area contributed by atoms with E-state index >= 15 is 0 Å². The number of rotatable bonds is 5. The highest BCUT2D eigenvalue weighted by molar-refractivity contribution is 6.38. The van der Waals surface area contributed by atoms with Crippen molar-refractivity contribution in [1.82, 2.24) is 20.2 Å². The molecule has 0 atom stereocenters. The lowest BCUT2D eigenvalue weighted by atomic mass is 10.3. The zero-order chi connectivity index (χ0) is 14.4. The van der Waals surface area contributed by atoms with Crippen LogP contribution in [0.2, 0.25) is 0 Å². The number of likely N-dealkylation sites (tertiary alicyclic amines) is 1. The van der Waals surface area contributed by atoms with Crippen molar-refractivity contribution in [1.29, 1.82) is 0 Å². The highest BCUT2D eigenvalue weighted by atomic mass is 16.1. The molecule has 1 aromatic heterocycles. The summed E-state index contributed by atoms with van der Waals surface area (Å²) in [6.07, 6.45) is 5.62. The minimum atomic E-state index is -0.132. The van der Waals surface area contributed by atoms with Crippen LogP contribution in [0.1, 0.15) is 25.5 Å². The van der Waals surface area contributed by atoms with Crippen LogP contribution >= 0.6 is 0 Å². The van der Waals surface area contributed by atoms with Crippen LogP contribution in [0.3, 0.4) is 0 Å². The molecule has 1 fully saturated rings. The predicted molar refractivity (Wildman–Crippen MR) is 78.2 cm³/mol. The van der Waals surface area contributed by atoms with Crippen molar-refractivity contribution < 1.29 is 4.79 Å². The van der Waals surface area contributed by atoms with Crippen molar-refractivity contribution in [3.05, 3.63) is 18.2 Å². The Morgan fingerprint density at radius 2 is 2.20 bits per heavy atom. The Morgan fingerprint density at radius 1 is 1.45 bits per heavy atom. The average molecular weight is 275 g/mol. The summed E-state index contributed by atoms with van der Waals surface area (Å²) in [6, 6.07) is 0. The third-order valence-electron chi connectivity index (χ3n) is 3.41. The Kier molecular flexibility index (Phi) is 5.17. The third kappa shape index (κ3) is 4.09. The van der Waals surface area contributed by atoms with Gasteiger partial charge in [-0.05, 0) is 39.8 Å². The fraction of sp³-hybridized carbons (Fsp3) is 0.571. The first kappa shape index (κ1) is 14.6. The summed E-state index contributed by atoms with van der Waals surface area (Å²) in [5.41, 5.74) is 1.84. The molecule has 0 unspecified atom stereocenters. The van der Waals surface area contributed by atoms with E-state index in [1.165, 1.54) is 19.2 Å². The van der Waals surface area contributed by atoms with Gasteiger partial charge in [-0.1, -0.05) is 0 Å². The summed E-state index contributed by atoms with van der Waals surface area (Å²) in [5.74, 6) is -0.132. The van der Waals surface area contributed by atoms with E-state index in [-0.39, 0.29) is 5.91 Å². The Morgan fingerprint density at radius 3 is 2.90 bits per heavy atom. The number of nitrogens with one attached hydrogen (secondary N) is 1. The lowest BCUT2D eigenvalue weighted by Gasteiger charge is -2.14. The molecule has 0 saturated carbocycles. The molecule has 1 aromatic rings. The smallest absolute Gasteiger partial charge is 0.265 e. The molecular weight excluding hydrogens is 254 g/mol. The van der Waals surface area contributed by atoms with E-state index in [2.05, 4.69) is 25.2 Å². The lowest BCUT2D eigenvalue weighted by molar-refractivity contribution is -0.114. The molecule has 0 radical (unpaired) electrons. The molecule has 6 heteroatoms. The summed E-state index contributed by atoms with van der Waals surface area (Å²) in [4.78, 5) is 26.5. The van der Waals surface area contributed by atoms with Crippen molar-refractivity contribution in [3.63, 3.8) is 0 Å². The second-order valence-corrected chi connectivity index (χ2v) is 5.00. The van der Waals surface area contributed by atoms with E-state index in [0.29, 0.717) is 17.9 Å². The van der Waals surface area contributed by atoms with Gasteiger partial charge in [-0.2, -0.15) is 0 Å². The van der Waals surface area contributed by atoms with Crippen molar-refractivity contribution in [2.75, 3.05) is 26.2 Å². The Labute approximate surface area is 119 Å². The van der Waals surface area contributed by atoms with Crippen LogP contribution in [0.4, 0.5) is 5.69 Å². The lowest BCUT2D eigenvalue weighted by Crippen LogP contribution is -2.36. The Hall–Kier alpha value is -1.82. The Bertz CT molecular complexity index is 494. The predicted octanol–water partition coefficient (Wildman–Crippen LogP) is 1.09. The van der Waals surface area contributed by atoms with Crippen molar-refractivity contribution >= 4 is 17.3 Å². The summed E-state index contributed by atoms with van der Waals surface area (Å²) < 4.78 is 0. The molecule has 0 bridgehead atoms. The van der Waals surface area contributed by atoms with Gasteiger partial charge in [-0.3, -0.25) is 4.79 Å². The zero-order valence-electron chi connectivity index (χ0n) is 12.1.